The third-order valence-corrected chi connectivity index (χ3v) is 3.94. The van der Waals surface area contributed by atoms with Crippen LogP contribution in [0.5, 0.6) is 0 Å². The van der Waals surface area contributed by atoms with Crippen LogP contribution < -0.4 is 0 Å². The van der Waals surface area contributed by atoms with Crippen LogP contribution in [-0.4, -0.2) is 0 Å². The molecular formula is C14H8BrClF4. The number of hydrogen-bond donors (Lipinski definition) is 0. The molecule has 106 valence electrons. The molecule has 2 aromatic rings. The Morgan fingerprint density at radius 1 is 1.00 bits per heavy atom. The van der Waals surface area contributed by atoms with Gasteiger partial charge in [-0.15, -0.1) is 11.6 Å². The lowest BCUT2D eigenvalue weighted by Gasteiger charge is -2.14. The topological polar surface area (TPSA) is 0 Å². The van der Waals surface area contributed by atoms with Crippen LogP contribution in [0.3, 0.4) is 0 Å². The van der Waals surface area contributed by atoms with Crippen molar-refractivity contribution < 1.29 is 17.6 Å². The molecule has 0 aliphatic heterocycles. The molecule has 0 spiro atoms. The molecule has 2 aromatic carbocycles. The Morgan fingerprint density at radius 2 is 1.60 bits per heavy atom. The summed E-state index contributed by atoms with van der Waals surface area (Å²) in [5.74, 6) is -0.399. The summed E-state index contributed by atoms with van der Waals surface area (Å²) in [6, 6.07) is 8.76. The smallest absolute Gasteiger partial charge is 0.207 e. The van der Waals surface area contributed by atoms with Crippen molar-refractivity contribution in [3.8, 4) is 0 Å². The minimum absolute atomic E-state index is 0.261. The monoisotopic (exact) mass is 366 g/mol. The van der Waals surface area contributed by atoms with Crippen molar-refractivity contribution in [1.29, 1.82) is 0 Å². The van der Waals surface area contributed by atoms with E-state index in [0.29, 0.717) is 11.1 Å². The standard InChI is InChI=1S/C14H8BrClF4/c15-12-7-9(14(18,19)20)3-6-11(12)13(16)8-1-4-10(17)5-2-8/h1-7,13H. The fourth-order valence-corrected chi connectivity index (χ4v) is 2.80. The maximum Gasteiger partial charge on any atom is 0.416 e. The summed E-state index contributed by atoms with van der Waals surface area (Å²) >= 11 is 9.32. The van der Waals surface area contributed by atoms with Gasteiger partial charge in [-0.3, -0.25) is 0 Å². The molecule has 0 saturated heterocycles. The zero-order valence-corrected chi connectivity index (χ0v) is 12.2. The Bertz CT molecular complexity index is 608. The summed E-state index contributed by atoms with van der Waals surface area (Å²) in [4.78, 5) is 0. The highest BCUT2D eigenvalue weighted by Crippen LogP contribution is 2.37. The van der Waals surface area contributed by atoms with Gasteiger partial charge in [-0.1, -0.05) is 34.1 Å². The van der Waals surface area contributed by atoms with E-state index in [0.717, 1.165) is 12.1 Å². The third-order valence-electron chi connectivity index (χ3n) is 2.76. The van der Waals surface area contributed by atoms with Crippen molar-refractivity contribution in [2.45, 2.75) is 11.6 Å². The van der Waals surface area contributed by atoms with Crippen LogP contribution in [-0.2, 0) is 6.18 Å². The molecule has 0 heterocycles. The van der Waals surface area contributed by atoms with Gasteiger partial charge < -0.3 is 0 Å². The molecule has 0 saturated carbocycles. The average molecular weight is 368 g/mol. The van der Waals surface area contributed by atoms with Gasteiger partial charge in [-0.25, -0.2) is 4.39 Å². The molecule has 1 unspecified atom stereocenters. The van der Waals surface area contributed by atoms with Crippen LogP contribution in [0.25, 0.3) is 0 Å². The second-order valence-corrected chi connectivity index (χ2v) is 5.44. The summed E-state index contributed by atoms with van der Waals surface area (Å²) < 4.78 is 50.8. The third kappa shape index (κ3) is 3.33. The van der Waals surface area contributed by atoms with Gasteiger partial charge in [0.1, 0.15) is 5.82 Å². The molecule has 6 heteroatoms. The molecule has 0 nitrogen and oxygen atoms in total. The number of halogens is 6. The van der Waals surface area contributed by atoms with Crippen molar-refractivity contribution in [2.24, 2.45) is 0 Å². The largest absolute Gasteiger partial charge is 0.416 e. The minimum Gasteiger partial charge on any atom is -0.207 e. The second-order valence-electron chi connectivity index (χ2n) is 4.15. The lowest BCUT2D eigenvalue weighted by atomic mass is 10.0. The van der Waals surface area contributed by atoms with Crippen molar-refractivity contribution in [1.82, 2.24) is 0 Å². The average Bonchev–Trinajstić information content (AvgIpc) is 2.37. The predicted octanol–water partition coefficient (Wildman–Crippen LogP) is 5.94. The lowest BCUT2D eigenvalue weighted by molar-refractivity contribution is -0.137. The Labute approximate surface area is 126 Å². The summed E-state index contributed by atoms with van der Waals surface area (Å²) in [5.41, 5.74) is 0.343. The van der Waals surface area contributed by atoms with Gasteiger partial charge in [0.2, 0.25) is 0 Å². The minimum atomic E-state index is -4.40. The Balaban J connectivity index is 2.36. The van der Waals surface area contributed by atoms with Gasteiger partial charge in [0.05, 0.1) is 10.9 Å². The maximum atomic E-state index is 12.8. The second kappa shape index (κ2) is 5.74. The fraction of sp³-hybridized carbons (Fsp3) is 0.143. The van der Waals surface area contributed by atoms with E-state index in [1.807, 2.05) is 0 Å². The zero-order chi connectivity index (χ0) is 14.9. The molecule has 0 fully saturated rings. The first-order chi connectivity index (χ1) is 9.29. The summed E-state index contributed by atoms with van der Waals surface area (Å²) in [6.45, 7) is 0. The van der Waals surface area contributed by atoms with Crippen LogP contribution in [0.15, 0.2) is 46.9 Å². The first-order valence-corrected chi connectivity index (χ1v) is 6.78. The molecule has 0 amide bonds. The Kier molecular flexibility index (Phi) is 4.39. The Hall–Kier alpha value is -1.07. The van der Waals surface area contributed by atoms with Crippen LogP contribution in [0.1, 0.15) is 22.1 Å². The molecule has 0 radical (unpaired) electrons. The summed E-state index contributed by atoms with van der Waals surface area (Å²) in [5, 5.41) is -0.660. The van der Waals surface area contributed by atoms with Gasteiger partial charge in [0, 0.05) is 4.47 Å². The zero-order valence-electron chi connectivity index (χ0n) is 9.89. The number of alkyl halides is 4. The van der Waals surface area contributed by atoms with Crippen molar-refractivity contribution in [2.75, 3.05) is 0 Å². The van der Waals surface area contributed by atoms with Crippen LogP contribution in [0, 0.1) is 5.82 Å². The van der Waals surface area contributed by atoms with Crippen molar-refractivity contribution in [3.05, 3.63) is 69.4 Å². The van der Waals surface area contributed by atoms with Gasteiger partial charge in [-0.05, 0) is 35.4 Å². The molecule has 0 aliphatic rings. The number of benzene rings is 2. The van der Waals surface area contributed by atoms with E-state index in [1.165, 1.54) is 30.3 Å². The first-order valence-electron chi connectivity index (χ1n) is 5.55. The van der Waals surface area contributed by atoms with Crippen molar-refractivity contribution in [3.63, 3.8) is 0 Å². The quantitative estimate of drug-likeness (QED) is 0.455. The summed E-state index contributed by atoms with van der Waals surface area (Å²) in [6.07, 6.45) is -4.40. The first kappa shape index (κ1) is 15.3. The highest BCUT2D eigenvalue weighted by atomic mass is 79.9. The SMILES string of the molecule is Fc1ccc(C(Cl)c2ccc(C(F)(F)F)cc2Br)cc1. The van der Waals surface area contributed by atoms with Crippen molar-refractivity contribution >= 4 is 27.5 Å². The highest BCUT2D eigenvalue weighted by molar-refractivity contribution is 9.10. The van der Waals surface area contributed by atoms with E-state index in [4.69, 9.17) is 11.6 Å². The van der Waals surface area contributed by atoms with Crippen LogP contribution in [0.4, 0.5) is 17.6 Å². The van der Waals surface area contributed by atoms with Crippen LogP contribution >= 0.6 is 27.5 Å². The molecule has 0 bridgehead atoms. The lowest BCUT2D eigenvalue weighted by Crippen LogP contribution is -2.05. The van der Waals surface area contributed by atoms with Gasteiger partial charge >= 0.3 is 6.18 Å². The van der Waals surface area contributed by atoms with E-state index >= 15 is 0 Å². The van der Waals surface area contributed by atoms with E-state index in [2.05, 4.69) is 15.9 Å². The predicted molar refractivity (Wildman–Crippen MR) is 73.2 cm³/mol. The molecule has 0 aliphatic carbocycles. The number of hydrogen-bond acceptors (Lipinski definition) is 0. The van der Waals surface area contributed by atoms with E-state index < -0.39 is 22.9 Å². The van der Waals surface area contributed by atoms with Gasteiger partial charge in [-0.2, -0.15) is 13.2 Å². The molecule has 2 rings (SSSR count). The fourth-order valence-electron chi connectivity index (χ4n) is 1.72. The number of rotatable bonds is 2. The summed E-state index contributed by atoms with van der Waals surface area (Å²) in [7, 11) is 0. The van der Waals surface area contributed by atoms with E-state index in [-0.39, 0.29) is 4.47 Å². The molecule has 20 heavy (non-hydrogen) atoms. The van der Waals surface area contributed by atoms with E-state index in [9.17, 15) is 17.6 Å². The normalized spacial score (nSPS) is 13.3. The highest BCUT2D eigenvalue weighted by Gasteiger charge is 2.31. The molecule has 0 N–H and O–H groups in total. The molecular weight excluding hydrogens is 360 g/mol. The molecule has 1 atom stereocenters. The van der Waals surface area contributed by atoms with Gasteiger partial charge in [0.25, 0.3) is 0 Å². The van der Waals surface area contributed by atoms with Gasteiger partial charge in [0.15, 0.2) is 0 Å². The van der Waals surface area contributed by atoms with Crippen LogP contribution in [0.2, 0.25) is 0 Å². The van der Waals surface area contributed by atoms with E-state index in [1.54, 1.807) is 0 Å². The Morgan fingerprint density at radius 3 is 2.10 bits per heavy atom. The molecule has 0 aromatic heterocycles. The maximum absolute atomic E-state index is 12.8.